The fourth-order valence-corrected chi connectivity index (χ4v) is 4.88. The molecule has 204 valence electrons. The van der Waals surface area contributed by atoms with Gasteiger partial charge in [-0.1, -0.05) is 22.0 Å². The van der Waals surface area contributed by atoms with Gasteiger partial charge in [0.25, 0.3) is 0 Å². The predicted molar refractivity (Wildman–Crippen MR) is 150 cm³/mol. The van der Waals surface area contributed by atoms with Crippen molar-refractivity contribution in [2.45, 2.75) is 26.2 Å². The molecule has 1 aliphatic rings. The van der Waals surface area contributed by atoms with E-state index < -0.39 is 0 Å². The molecule has 1 aromatic heterocycles. The molecule has 0 amide bonds. The van der Waals surface area contributed by atoms with Gasteiger partial charge in [0.1, 0.15) is 18.8 Å². The summed E-state index contributed by atoms with van der Waals surface area (Å²) in [7, 11) is 1.65. The first-order valence-corrected chi connectivity index (χ1v) is 13.8. The molecule has 9 nitrogen and oxygen atoms in total. The molecular weight excluding hydrogens is 552 g/mol. The van der Waals surface area contributed by atoms with Gasteiger partial charge < -0.3 is 24.3 Å². The number of fused-ring (bicyclic) bond motifs is 1. The summed E-state index contributed by atoms with van der Waals surface area (Å²) in [6.07, 6.45) is 4.55. The number of esters is 1. The van der Waals surface area contributed by atoms with Crippen LogP contribution in [0.3, 0.4) is 0 Å². The Balaban J connectivity index is 1.41. The molecule has 3 aromatic rings. The zero-order valence-electron chi connectivity index (χ0n) is 22.0. The summed E-state index contributed by atoms with van der Waals surface area (Å²) in [6, 6.07) is 11.7. The lowest BCUT2D eigenvalue weighted by Crippen LogP contribution is -2.38. The average Bonchev–Trinajstić information content (AvgIpc) is 2.90. The van der Waals surface area contributed by atoms with Crippen molar-refractivity contribution >= 4 is 44.3 Å². The molecule has 0 aliphatic carbocycles. The Morgan fingerprint density at radius 2 is 1.87 bits per heavy atom. The Morgan fingerprint density at radius 3 is 2.63 bits per heavy atom. The van der Waals surface area contributed by atoms with Crippen molar-refractivity contribution in [1.29, 1.82) is 0 Å². The highest BCUT2D eigenvalue weighted by Gasteiger charge is 2.21. The first-order valence-electron chi connectivity index (χ1n) is 13.0. The van der Waals surface area contributed by atoms with E-state index in [-0.39, 0.29) is 5.97 Å². The van der Waals surface area contributed by atoms with E-state index in [0.717, 1.165) is 53.4 Å². The van der Waals surface area contributed by atoms with E-state index in [1.54, 1.807) is 13.4 Å². The number of carbonyl (C=O) groups is 1. The Kier molecular flexibility index (Phi) is 10.5. The highest BCUT2D eigenvalue weighted by atomic mass is 79.9. The van der Waals surface area contributed by atoms with Crippen LogP contribution in [0.1, 0.15) is 26.2 Å². The monoisotopic (exact) mass is 586 g/mol. The van der Waals surface area contributed by atoms with Crippen molar-refractivity contribution in [2.75, 3.05) is 58.5 Å². The molecule has 0 bridgehead atoms. The van der Waals surface area contributed by atoms with E-state index >= 15 is 0 Å². The predicted octanol–water partition coefficient (Wildman–Crippen LogP) is 5.21. The number of likely N-dealkylation sites (tertiary alicyclic amines) is 1. The van der Waals surface area contributed by atoms with Crippen LogP contribution in [0.2, 0.25) is 0 Å². The molecule has 10 heteroatoms. The molecule has 1 aliphatic heterocycles. The van der Waals surface area contributed by atoms with Crippen molar-refractivity contribution in [2.24, 2.45) is 5.92 Å². The van der Waals surface area contributed by atoms with E-state index in [1.165, 1.54) is 0 Å². The first-order chi connectivity index (χ1) is 18.6. The highest BCUT2D eigenvalue weighted by Crippen LogP contribution is 2.35. The summed E-state index contributed by atoms with van der Waals surface area (Å²) >= 11 is 3.51. The maximum absolute atomic E-state index is 11.7. The number of piperidine rings is 1. The van der Waals surface area contributed by atoms with E-state index in [0.29, 0.717) is 56.2 Å². The van der Waals surface area contributed by atoms with Crippen molar-refractivity contribution in [3.63, 3.8) is 0 Å². The van der Waals surface area contributed by atoms with Gasteiger partial charge in [0.15, 0.2) is 11.5 Å². The van der Waals surface area contributed by atoms with Crippen molar-refractivity contribution in [3.05, 3.63) is 47.2 Å². The van der Waals surface area contributed by atoms with E-state index in [2.05, 4.69) is 36.1 Å². The van der Waals surface area contributed by atoms with Crippen LogP contribution >= 0.6 is 15.9 Å². The van der Waals surface area contributed by atoms with Gasteiger partial charge in [0.05, 0.1) is 31.9 Å². The van der Waals surface area contributed by atoms with Crippen LogP contribution in [0, 0.1) is 5.92 Å². The standard InChI is InChI=1S/C28H35BrN4O5/c1-3-36-27(34)18-33-10-7-20(8-11-33)9-12-37-26-17-24-23(16-25(26)38-14-13-35-2)28(31-19-30-24)32-22-6-4-5-21(29)15-22/h4-6,15-17,19-20H,3,7-14,18H2,1-2H3,(H,30,31,32). The minimum atomic E-state index is -0.148. The highest BCUT2D eigenvalue weighted by molar-refractivity contribution is 9.10. The van der Waals surface area contributed by atoms with Gasteiger partial charge in [-0.2, -0.15) is 0 Å². The summed E-state index contributed by atoms with van der Waals surface area (Å²) in [5, 5.41) is 4.21. The molecule has 4 rings (SSSR count). The lowest BCUT2D eigenvalue weighted by molar-refractivity contribution is -0.144. The maximum Gasteiger partial charge on any atom is 0.320 e. The summed E-state index contributed by atoms with van der Waals surface area (Å²) in [6.45, 7) is 5.87. The molecule has 1 fully saturated rings. The van der Waals surface area contributed by atoms with Gasteiger partial charge in [0, 0.05) is 28.7 Å². The average molecular weight is 588 g/mol. The third-order valence-corrected chi connectivity index (χ3v) is 6.98. The number of hydrogen-bond acceptors (Lipinski definition) is 9. The molecule has 2 heterocycles. The molecule has 0 radical (unpaired) electrons. The number of nitrogens with one attached hydrogen (secondary N) is 1. The second-order valence-corrected chi connectivity index (χ2v) is 10.1. The summed E-state index contributed by atoms with van der Waals surface area (Å²) in [4.78, 5) is 22.9. The van der Waals surface area contributed by atoms with Crippen LogP contribution < -0.4 is 14.8 Å². The van der Waals surface area contributed by atoms with Gasteiger partial charge >= 0.3 is 5.97 Å². The normalized spacial score (nSPS) is 14.4. The molecule has 1 saturated heterocycles. The van der Waals surface area contributed by atoms with Gasteiger partial charge in [-0.05, 0) is 69.5 Å². The van der Waals surface area contributed by atoms with Crippen molar-refractivity contribution in [1.82, 2.24) is 14.9 Å². The van der Waals surface area contributed by atoms with E-state index in [4.69, 9.17) is 18.9 Å². The lowest BCUT2D eigenvalue weighted by Gasteiger charge is -2.31. The summed E-state index contributed by atoms with van der Waals surface area (Å²) in [5.41, 5.74) is 1.67. The fraction of sp³-hybridized carbons (Fsp3) is 0.464. The van der Waals surface area contributed by atoms with Gasteiger partial charge in [0.2, 0.25) is 0 Å². The number of rotatable bonds is 13. The third-order valence-electron chi connectivity index (χ3n) is 6.48. The zero-order chi connectivity index (χ0) is 26.7. The van der Waals surface area contributed by atoms with Gasteiger partial charge in [-0.15, -0.1) is 0 Å². The largest absolute Gasteiger partial charge is 0.490 e. The number of carbonyl (C=O) groups excluding carboxylic acids is 1. The number of ether oxygens (including phenoxy) is 4. The van der Waals surface area contributed by atoms with Crippen molar-refractivity contribution in [3.8, 4) is 11.5 Å². The van der Waals surface area contributed by atoms with E-state index in [1.807, 2.05) is 43.3 Å². The minimum absolute atomic E-state index is 0.148. The molecule has 2 aromatic carbocycles. The number of nitrogens with zero attached hydrogens (tertiary/aromatic N) is 3. The number of halogens is 1. The van der Waals surface area contributed by atoms with Crippen LogP contribution in [-0.4, -0.2) is 74.0 Å². The number of benzene rings is 2. The van der Waals surface area contributed by atoms with Crippen LogP contribution in [0.4, 0.5) is 11.5 Å². The number of aromatic nitrogens is 2. The first kappa shape index (κ1) is 28.1. The smallest absolute Gasteiger partial charge is 0.320 e. The number of anilines is 2. The van der Waals surface area contributed by atoms with Crippen LogP contribution in [-0.2, 0) is 14.3 Å². The fourth-order valence-electron chi connectivity index (χ4n) is 4.49. The SMILES string of the molecule is CCOC(=O)CN1CCC(CCOc2cc3ncnc(Nc4cccc(Br)c4)c3cc2OCCOC)CC1. The maximum atomic E-state index is 11.7. The van der Waals surface area contributed by atoms with Gasteiger partial charge in [-0.3, -0.25) is 9.69 Å². The van der Waals surface area contributed by atoms with Crippen LogP contribution in [0.5, 0.6) is 11.5 Å². The molecule has 0 atom stereocenters. The molecule has 0 spiro atoms. The Bertz CT molecular complexity index is 1200. The lowest BCUT2D eigenvalue weighted by atomic mass is 9.94. The van der Waals surface area contributed by atoms with Gasteiger partial charge in [-0.25, -0.2) is 9.97 Å². The molecular formula is C28H35BrN4O5. The van der Waals surface area contributed by atoms with Crippen LogP contribution in [0.15, 0.2) is 47.2 Å². The topological polar surface area (TPSA) is 95.0 Å². The number of methoxy groups -OCH3 is 1. The Morgan fingerprint density at radius 1 is 1.08 bits per heavy atom. The molecule has 0 saturated carbocycles. The minimum Gasteiger partial charge on any atom is -0.490 e. The second-order valence-electron chi connectivity index (χ2n) is 9.18. The molecule has 38 heavy (non-hydrogen) atoms. The molecule has 0 unspecified atom stereocenters. The molecule has 1 N–H and O–H groups in total. The summed E-state index contributed by atoms with van der Waals surface area (Å²) < 4.78 is 23.5. The Hall–Kier alpha value is -2.95. The zero-order valence-corrected chi connectivity index (χ0v) is 23.5. The Labute approximate surface area is 232 Å². The quantitative estimate of drug-likeness (QED) is 0.214. The third kappa shape index (κ3) is 8.02. The number of hydrogen-bond donors (Lipinski definition) is 1. The second kappa shape index (κ2) is 14.3. The van der Waals surface area contributed by atoms with Crippen LogP contribution in [0.25, 0.3) is 10.9 Å². The van der Waals surface area contributed by atoms with E-state index in [9.17, 15) is 4.79 Å². The van der Waals surface area contributed by atoms with Crippen molar-refractivity contribution < 1.29 is 23.7 Å². The summed E-state index contributed by atoms with van der Waals surface area (Å²) in [5.74, 6) is 2.37.